The fraction of sp³-hybridized carbons (Fsp3) is 0.400. The van der Waals surface area contributed by atoms with E-state index >= 15 is 0 Å². The molecule has 0 atom stereocenters. The van der Waals surface area contributed by atoms with Crippen LogP contribution in [0.25, 0.3) is 0 Å². The van der Waals surface area contributed by atoms with Gasteiger partial charge in [-0.1, -0.05) is 0 Å². The Morgan fingerprint density at radius 1 is 1.82 bits per heavy atom. The molecule has 0 amide bonds. The predicted molar refractivity (Wildman–Crippen MR) is 34.7 cm³/mol. The molecular weight excluding hydrogens is 150 g/mol. The third kappa shape index (κ3) is 1.66. The molecule has 11 heavy (non-hydrogen) atoms. The maximum Gasteiger partial charge on any atom is 0.380 e. The summed E-state index contributed by atoms with van der Waals surface area (Å²) in [5.41, 5.74) is 5.06. The number of hydrogen-bond donors (Lipinski definition) is 1. The van der Waals surface area contributed by atoms with Gasteiger partial charge in [-0.15, -0.1) is 0 Å². The first kappa shape index (κ1) is 7.52. The number of anilines is 1. The van der Waals surface area contributed by atoms with Crippen molar-refractivity contribution in [2.45, 2.75) is 6.92 Å². The Morgan fingerprint density at radius 3 is 3.00 bits per heavy atom. The Bertz CT molecular complexity index is 257. The summed E-state index contributed by atoms with van der Waals surface area (Å²) in [6.07, 6.45) is 0. The number of esters is 1. The molecule has 2 N–H and O–H groups in total. The average Bonchev–Trinajstić information content (AvgIpc) is 2.36. The molecule has 6 nitrogen and oxygen atoms in total. The summed E-state index contributed by atoms with van der Waals surface area (Å²) in [6.45, 7) is 1.95. The second kappa shape index (κ2) is 3.00. The highest BCUT2D eigenvalue weighted by Crippen LogP contribution is 1.98. The van der Waals surface area contributed by atoms with E-state index in [-0.39, 0.29) is 18.4 Å². The van der Waals surface area contributed by atoms with Gasteiger partial charge in [-0.05, 0) is 12.1 Å². The second-order valence-electron chi connectivity index (χ2n) is 1.68. The minimum Gasteiger partial charge on any atom is -0.460 e. The second-order valence-corrected chi connectivity index (χ2v) is 1.68. The number of carbonyl (C=O) groups excluding carboxylic acids is 1. The van der Waals surface area contributed by atoms with E-state index in [9.17, 15) is 4.79 Å². The van der Waals surface area contributed by atoms with Gasteiger partial charge in [0.15, 0.2) is 0 Å². The number of ether oxygens (including phenoxy) is 1. The van der Waals surface area contributed by atoms with Crippen LogP contribution in [0.5, 0.6) is 0 Å². The zero-order valence-corrected chi connectivity index (χ0v) is 5.90. The van der Waals surface area contributed by atoms with Crippen LogP contribution in [-0.2, 0) is 4.74 Å². The fourth-order valence-corrected chi connectivity index (χ4v) is 0.514. The molecule has 0 saturated heterocycles. The Morgan fingerprint density at radius 2 is 2.55 bits per heavy atom. The highest BCUT2D eigenvalue weighted by Gasteiger charge is 2.13. The van der Waals surface area contributed by atoms with Crippen LogP contribution in [0.1, 0.15) is 17.5 Å². The summed E-state index contributed by atoms with van der Waals surface area (Å²) < 4.78 is 8.91. The highest BCUT2D eigenvalue weighted by molar-refractivity contribution is 5.85. The molecule has 0 bridgehead atoms. The lowest BCUT2D eigenvalue weighted by atomic mass is 10.6. The molecule has 0 spiro atoms. The summed E-state index contributed by atoms with van der Waals surface area (Å²) in [6, 6.07) is -0.145. The summed E-state index contributed by atoms with van der Waals surface area (Å²) in [7, 11) is 0. The van der Waals surface area contributed by atoms with Crippen LogP contribution in [0.2, 0.25) is 0 Å². The normalized spacial score (nSPS) is 9.55. The van der Waals surface area contributed by atoms with Gasteiger partial charge in [0.1, 0.15) is 0 Å². The van der Waals surface area contributed by atoms with Crippen molar-refractivity contribution in [3.05, 3.63) is 5.82 Å². The lowest BCUT2D eigenvalue weighted by Crippen LogP contribution is -2.06. The standard InChI is InChI=1S/C5H7N3O3/c1-2-10-4(9)3-7-5(6)11-8-3/h2H2,1H3,(H2,6,7,8). The summed E-state index contributed by atoms with van der Waals surface area (Å²) in [5, 5.41) is 3.25. The van der Waals surface area contributed by atoms with E-state index in [1.54, 1.807) is 6.92 Å². The van der Waals surface area contributed by atoms with E-state index in [1.807, 2.05) is 0 Å². The zero-order chi connectivity index (χ0) is 8.27. The molecule has 0 radical (unpaired) electrons. The van der Waals surface area contributed by atoms with Gasteiger partial charge in [-0.3, -0.25) is 0 Å². The van der Waals surface area contributed by atoms with Gasteiger partial charge in [-0.25, -0.2) is 4.79 Å². The summed E-state index contributed by atoms with van der Waals surface area (Å²) in [4.78, 5) is 14.2. The minimum absolute atomic E-state index is 0.145. The van der Waals surface area contributed by atoms with Gasteiger partial charge < -0.3 is 15.0 Å². The van der Waals surface area contributed by atoms with Gasteiger partial charge in [0.2, 0.25) is 0 Å². The van der Waals surface area contributed by atoms with Crippen molar-refractivity contribution in [1.29, 1.82) is 0 Å². The first-order valence-electron chi connectivity index (χ1n) is 3.00. The molecule has 0 fully saturated rings. The number of aromatic nitrogens is 2. The fourth-order valence-electron chi connectivity index (χ4n) is 0.514. The van der Waals surface area contributed by atoms with E-state index in [1.165, 1.54) is 0 Å². The van der Waals surface area contributed by atoms with Gasteiger partial charge in [0, 0.05) is 0 Å². The first-order chi connectivity index (χ1) is 5.24. The number of carbonyl (C=O) groups is 1. The first-order valence-corrected chi connectivity index (χ1v) is 3.00. The lowest BCUT2D eigenvalue weighted by molar-refractivity contribution is 0.0508. The smallest absolute Gasteiger partial charge is 0.380 e. The third-order valence-electron chi connectivity index (χ3n) is 0.900. The van der Waals surface area contributed by atoms with Gasteiger partial charge in [0.25, 0.3) is 5.82 Å². The number of nitrogens with two attached hydrogens (primary N) is 1. The molecule has 0 aliphatic heterocycles. The molecule has 0 aliphatic rings. The van der Waals surface area contributed by atoms with Crippen LogP contribution in [0.4, 0.5) is 6.01 Å². The summed E-state index contributed by atoms with van der Waals surface area (Å²) >= 11 is 0. The molecule has 0 saturated carbocycles. The average molecular weight is 157 g/mol. The van der Waals surface area contributed by atoms with E-state index in [4.69, 9.17) is 5.73 Å². The number of nitrogen functional groups attached to an aromatic ring is 1. The Labute approximate surface area is 62.3 Å². The molecule has 1 aromatic rings. The van der Waals surface area contributed by atoms with Crippen molar-refractivity contribution in [3.63, 3.8) is 0 Å². The van der Waals surface area contributed by atoms with E-state index in [2.05, 4.69) is 19.4 Å². The van der Waals surface area contributed by atoms with E-state index < -0.39 is 5.97 Å². The van der Waals surface area contributed by atoms with Crippen LogP contribution in [0.15, 0.2) is 4.52 Å². The molecule has 0 aliphatic carbocycles. The molecule has 0 unspecified atom stereocenters. The molecule has 1 rings (SSSR count). The maximum absolute atomic E-state index is 10.8. The van der Waals surface area contributed by atoms with Crippen LogP contribution in [0, 0.1) is 0 Å². The van der Waals surface area contributed by atoms with Crippen LogP contribution in [-0.4, -0.2) is 22.7 Å². The van der Waals surface area contributed by atoms with Crippen molar-refractivity contribution < 1.29 is 14.1 Å². The van der Waals surface area contributed by atoms with Crippen molar-refractivity contribution >= 4 is 12.0 Å². The van der Waals surface area contributed by atoms with Gasteiger partial charge in [0.05, 0.1) is 6.61 Å². The van der Waals surface area contributed by atoms with Crippen molar-refractivity contribution in [1.82, 2.24) is 10.1 Å². The van der Waals surface area contributed by atoms with E-state index in [0.29, 0.717) is 0 Å². The Hall–Kier alpha value is -1.59. The lowest BCUT2D eigenvalue weighted by Gasteiger charge is -1.92. The molecule has 60 valence electrons. The summed E-state index contributed by atoms with van der Waals surface area (Å²) in [5.74, 6) is -0.780. The Balaban J connectivity index is 2.69. The van der Waals surface area contributed by atoms with Gasteiger partial charge >= 0.3 is 12.0 Å². The number of rotatable bonds is 2. The van der Waals surface area contributed by atoms with Crippen molar-refractivity contribution in [3.8, 4) is 0 Å². The van der Waals surface area contributed by atoms with Gasteiger partial charge in [-0.2, -0.15) is 4.98 Å². The largest absolute Gasteiger partial charge is 0.460 e. The van der Waals surface area contributed by atoms with Crippen LogP contribution < -0.4 is 5.73 Å². The number of nitrogens with zero attached hydrogens (tertiary/aromatic N) is 2. The van der Waals surface area contributed by atoms with Crippen molar-refractivity contribution in [2.24, 2.45) is 0 Å². The highest BCUT2D eigenvalue weighted by atomic mass is 16.5. The van der Waals surface area contributed by atoms with E-state index in [0.717, 1.165) is 0 Å². The predicted octanol–water partition coefficient (Wildman–Crippen LogP) is -0.171. The maximum atomic E-state index is 10.8. The SMILES string of the molecule is CCOC(=O)c1noc(N)n1. The topological polar surface area (TPSA) is 91.2 Å². The zero-order valence-electron chi connectivity index (χ0n) is 5.90. The number of hydrogen-bond acceptors (Lipinski definition) is 6. The Kier molecular flexibility index (Phi) is 2.05. The van der Waals surface area contributed by atoms with Crippen molar-refractivity contribution in [2.75, 3.05) is 12.3 Å². The molecule has 1 aromatic heterocycles. The van der Waals surface area contributed by atoms with Crippen LogP contribution in [0.3, 0.4) is 0 Å². The third-order valence-corrected chi connectivity index (χ3v) is 0.900. The molecule has 0 aromatic carbocycles. The quantitative estimate of drug-likeness (QED) is 0.599. The molecule has 1 heterocycles. The molecular formula is C5H7N3O3. The minimum atomic E-state index is -0.632. The molecule has 6 heteroatoms. The van der Waals surface area contributed by atoms with Crippen LogP contribution >= 0.6 is 0 Å². The monoisotopic (exact) mass is 157 g/mol.